The molecule has 4 saturated carbocycles. The monoisotopic (exact) mass is 483 g/mol. The minimum absolute atomic E-state index is 0.167. The van der Waals surface area contributed by atoms with Gasteiger partial charge in [-0.1, -0.05) is 12.1 Å². The second-order valence-corrected chi connectivity index (χ2v) is 11.6. The third-order valence-corrected chi connectivity index (χ3v) is 8.57. The molecule has 2 aromatic heterocycles. The SMILES string of the molecule is Cc1cccc(CNCCNc2ccc3c(NC(=O)CC45CC6CC(CC(C6)C4)C5)cccc3n2)n1. The molecule has 188 valence electrons. The van der Waals surface area contributed by atoms with Crippen LogP contribution < -0.4 is 16.0 Å². The lowest BCUT2D eigenvalue weighted by atomic mass is 9.49. The number of carbonyl (C=O) groups is 1. The molecule has 4 aliphatic rings. The number of nitrogens with zero attached hydrogens (tertiary/aromatic N) is 2. The number of pyridine rings is 2. The highest BCUT2D eigenvalue weighted by atomic mass is 16.1. The van der Waals surface area contributed by atoms with Gasteiger partial charge in [0, 0.05) is 37.1 Å². The van der Waals surface area contributed by atoms with E-state index in [-0.39, 0.29) is 11.3 Å². The molecule has 7 rings (SSSR count). The highest BCUT2D eigenvalue weighted by Crippen LogP contribution is 2.61. The smallest absolute Gasteiger partial charge is 0.224 e. The molecule has 4 fully saturated rings. The maximum absolute atomic E-state index is 13.2. The van der Waals surface area contributed by atoms with Crippen molar-refractivity contribution < 1.29 is 4.79 Å². The maximum Gasteiger partial charge on any atom is 0.224 e. The second kappa shape index (κ2) is 9.81. The quantitative estimate of drug-likeness (QED) is 0.341. The van der Waals surface area contributed by atoms with Crippen LogP contribution in [0.5, 0.6) is 0 Å². The number of carbonyl (C=O) groups excluding carboxylic acids is 1. The van der Waals surface area contributed by atoms with Crippen molar-refractivity contribution in [3.8, 4) is 0 Å². The van der Waals surface area contributed by atoms with Crippen LogP contribution >= 0.6 is 0 Å². The first-order valence-electron chi connectivity index (χ1n) is 13.6. The van der Waals surface area contributed by atoms with Gasteiger partial charge in [-0.05, 0) is 105 Å². The fourth-order valence-electron chi connectivity index (χ4n) is 7.60. The van der Waals surface area contributed by atoms with Crippen LogP contribution in [0.3, 0.4) is 0 Å². The molecule has 36 heavy (non-hydrogen) atoms. The van der Waals surface area contributed by atoms with E-state index < -0.39 is 0 Å². The van der Waals surface area contributed by atoms with Gasteiger partial charge in [-0.2, -0.15) is 0 Å². The van der Waals surface area contributed by atoms with Gasteiger partial charge in [0.1, 0.15) is 5.82 Å². The molecule has 3 aromatic rings. The average Bonchev–Trinajstić information content (AvgIpc) is 2.83. The van der Waals surface area contributed by atoms with Crippen molar-refractivity contribution in [3.63, 3.8) is 0 Å². The number of anilines is 2. The lowest BCUT2D eigenvalue weighted by Gasteiger charge is -2.56. The molecule has 0 unspecified atom stereocenters. The first-order valence-corrected chi connectivity index (χ1v) is 13.6. The standard InChI is InChI=1S/C30H37N5O/c1-20-4-2-5-24(33-20)19-31-10-11-32-28-9-8-25-26(34-28)6-3-7-27(25)35-29(36)18-30-15-21-12-22(16-30)14-23(13-21)17-30/h2-9,21-23,31H,10-19H2,1H3,(H,32,34)(H,35,36). The molecule has 4 bridgehead atoms. The molecule has 4 aliphatic carbocycles. The van der Waals surface area contributed by atoms with Gasteiger partial charge >= 0.3 is 0 Å². The zero-order valence-corrected chi connectivity index (χ0v) is 21.2. The fourth-order valence-corrected chi connectivity index (χ4v) is 7.60. The summed E-state index contributed by atoms with van der Waals surface area (Å²) in [6.45, 7) is 4.35. The van der Waals surface area contributed by atoms with E-state index in [9.17, 15) is 4.79 Å². The number of aromatic nitrogens is 2. The maximum atomic E-state index is 13.2. The lowest BCUT2D eigenvalue weighted by Crippen LogP contribution is -2.47. The van der Waals surface area contributed by atoms with E-state index in [0.29, 0.717) is 6.42 Å². The summed E-state index contributed by atoms with van der Waals surface area (Å²) < 4.78 is 0. The third-order valence-electron chi connectivity index (χ3n) is 8.57. The number of nitrogens with one attached hydrogen (secondary N) is 3. The Labute approximate surface area is 213 Å². The Bertz CT molecular complexity index is 1220. The molecule has 1 amide bonds. The van der Waals surface area contributed by atoms with E-state index in [4.69, 9.17) is 4.98 Å². The Morgan fingerprint density at radius 2 is 1.67 bits per heavy atom. The van der Waals surface area contributed by atoms with Crippen molar-refractivity contribution in [2.45, 2.75) is 58.4 Å². The lowest BCUT2D eigenvalue weighted by molar-refractivity contribution is -0.124. The zero-order chi connectivity index (χ0) is 24.5. The van der Waals surface area contributed by atoms with Crippen molar-refractivity contribution in [2.24, 2.45) is 23.2 Å². The van der Waals surface area contributed by atoms with Crippen molar-refractivity contribution >= 4 is 28.3 Å². The first kappa shape index (κ1) is 23.4. The van der Waals surface area contributed by atoms with Crippen LogP contribution in [0.2, 0.25) is 0 Å². The zero-order valence-electron chi connectivity index (χ0n) is 21.2. The normalized spacial score (nSPS) is 26.3. The predicted molar refractivity (Wildman–Crippen MR) is 145 cm³/mol. The van der Waals surface area contributed by atoms with Crippen LogP contribution in [0, 0.1) is 30.1 Å². The summed E-state index contributed by atoms with van der Waals surface area (Å²) in [7, 11) is 0. The van der Waals surface area contributed by atoms with Gasteiger partial charge < -0.3 is 16.0 Å². The molecular formula is C30H37N5O. The predicted octanol–water partition coefficient (Wildman–Crippen LogP) is 5.68. The van der Waals surface area contributed by atoms with Gasteiger partial charge in [0.2, 0.25) is 5.91 Å². The molecule has 2 heterocycles. The van der Waals surface area contributed by atoms with Crippen molar-refractivity contribution in [3.05, 3.63) is 59.9 Å². The van der Waals surface area contributed by atoms with E-state index >= 15 is 0 Å². The molecule has 3 N–H and O–H groups in total. The second-order valence-electron chi connectivity index (χ2n) is 11.6. The summed E-state index contributed by atoms with van der Waals surface area (Å²) in [4.78, 5) is 22.5. The Morgan fingerprint density at radius 3 is 2.42 bits per heavy atom. The summed E-state index contributed by atoms with van der Waals surface area (Å²) in [5.41, 5.74) is 4.10. The highest BCUT2D eigenvalue weighted by Gasteiger charge is 2.51. The number of hydrogen-bond acceptors (Lipinski definition) is 5. The van der Waals surface area contributed by atoms with Crippen LogP contribution in [0.25, 0.3) is 10.9 Å². The molecule has 0 aliphatic heterocycles. The number of hydrogen-bond donors (Lipinski definition) is 3. The minimum atomic E-state index is 0.167. The van der Waals surface area contributed by atoms with E-state index in [1.165, 1.54) is 38.5 Å². The summed E-state index contributed by atoms with van der Waals surface area (Å²) in [5.74, 6) is 3.61. The van der Waals surface area contributed by atoms with Crippen LogP contribution in [0.15, 0.2) is 48.5 Å². The number of benzene rings is 1. The average molecular weight is 484 g/mol. The van der Waals surface area contributed by atoms with Crippen molar-refractivity contribution in [1.82, 2.24) is 15.3 Å². The van der Waals surface area contributed by atoms with Crippen LogP contribution in [0.1, 0.15) is 56.3 Å². The number of rotatable bonds is 9. The van der Waals surface area contributed by atoms with Crippen LogP contribution in [0.4, 0.5) is 11.5 Å². The van der Waals surface area contributed by atoms with Gasteiger partial charge in [0.25, 0.3) is 0 Å². The van der Waals surface area contributed by atoms with Crippen molar-refractivity contribution in [1.29, 1.82) is 0 Å². The number of amides is 1. The van der Waals surface area contributed by atoms with Gasteiger partial charge in [0.05, 0.1) is 16.9 Å². The largest absolute Gasteiger partial charge is 0.369 e. The Kier molecular flexibility index (Phi) is 6.38. The van der Waals surface area contributed by atoms with Crippen LogP contribution in [-0.2, 0) is 11.3 Å². The summed E-state index contributed by atoms with van der Waals surface area (Å²) in [6.07, 6.45) is 8.68. The Balaban J connectivity index is 1.04. The van der Waals surface area contributed by atoms with Crippen LogP contribution in [-0.4, -0.2) is 29.0 Å². The third kappa shape index (κ3) is 5.10. The van der Waals surface area contributed by atoms with E-state index in [1.54, 1.807) is 0 Å². The summed E-state index contributed by atoms with van der Waals surface area (Å²) in [5, 5.41) is 11.1. The fraction of sp³-hybridized carbons (Fsp3) is 0.500. The van der Waals surface area contributed by atoms with E-state index in [1.807, 2.05) is 49.4 Å². The Hall–Kier alpha value is -2.99. The molecule has 0 saturated heterocycles. The number of fused-ring (bicyclic) bond motifs is 1. The van der Waals surface area contributed by atoms with Gasteiger partial charge in [-0.3, -0.25) is 9.78 Å². The summed E-state index contributed by atoms with van der Waals surface area (Å²) in [6, 6.07) is 16.1. The first-order chi connectivity index (χ1) is 17.5. The van der Waals surface area contributed by atoms with E-state index in [2.05, 4.69) is 27.0 Å². The summed E-state index contributed by atoms with van der Waals surface area (Å²) >= 11 is 0. The molecule has 0 radical (unpaired) electrons. The molecule has 1 aromatic carbocycles. The van der Waals surface area contributed by atoms with Gasteiger partial charge in [-0.15, -0.1) is 0 Å². The Morgan fingerprint density at radius 1 is 0.917 bits per heavy atom. The molecular weight excluding hydrogens is 446 g/mol. The highest BCUT2D eigenvalue weighted by molar-refractivity contribution is 6.01. The van der Waals surface area contributed by atoms with E-state index in [0.717, 1.165) is 71.2 Å². The topological polar surface area (TPSA) is 78.9 Å². The molecule has 0 spiro atoms. The van der Waals surface area contributed by atoms with Gasteiger partial charge in [-0.25, -0.2) is 4.98 Å². The molecule has 6 nitrogen and oxygen atoms in total. The minimum Gasteiger partial charge on any atom is -0.369 e. The molecule has 0 atom stereocenters. The van der Waals surface area contributed by atoms with Gasteiger partial charge in [0.15, 0.2) is 0 Å². The van der Waals surface area contributed by atoms with Crippen molar-refractivity contribution in [2.75, 3.05) is 23.7 Å². The molecule has 6 heteroatoms. The number of aryl methyl sites for hydroxylation is 1.